The van der Waals surface area contributed by atoms with Crippen molar-refractivity contribution in [3.63, 3.8) is 0 Å². The summed E-state index contributed by atoms with van der Waals surface area (Å²) < 4.78 is 0. The number of nitrogens with zero attached hydrogens (tertiary/aromatic N) is 6. The highest BCUT2D eigenvalue weighted by Crippen LogP contribution is 2.27. The second-order valence-electron chi connectivity index (χ2n) is 10.3. The molecule has 41 heavy (non-hydrogen) atoms. The third kappa shape index (κ3) is 6.75. The number of aromatic hydroxyl groups is 1. The van der Waals surface area contributed by atoms with Gasteiger partial charge in [0.15, 0.2) is 5.82 Å². The van der Waals surface area contributed by atoms with E-state index < -0.39 is 0 Å². The van der Waals surface area contributed by atoms with E-state index in [0.717, 1.165) is 24.3 Å². The Hall–Kier alpha value is -4.22. The van der Waals surface area contributed by atoms with Crippen LogP contribution >= 0.6 is 11.6 Å². The Balaban J connectivity index is 1.08. The number of piperazine rings is 1. The number of rotatable bonds is 7. The summed E-state index contributed by atoms with van der Waals surface area (Å²) in [6.07, 6.45) is 3.94. The van der Waals surface area contributed by atoms with Crippen LogP contribution in [-0.4, -0.2) is 93.4 Å². The van der Waals surface area contributed by atoms with Gasteiger partial charge in [0.05, 0.1) is 23.2 Å². The molecule has 214 valence electrons. The lowest BCUT2D eigenvalue weighted by Crippen LogP contribution is -2.51. The maximum Gasteiger partial charge on any atom is 0.236 e. The SMILES string of the molecule is C/C(=N\O)c1cnc(-c2ccc(N3CCN(C(=O)CN4CC[C@@H](C(=O)Nc5ccc(O)c(Cl)c5)C4)CC3)cc2)nc1. The van der Waals surface area contributed by atoms with Crippen LogP contribution in [0.2, 0.25) is 5.02 Å². The van der Waals surface area contributed by atoms with Crippen LogP contribution in [0.4, 0.5) is 11.4 Å². The molecule has 2 aliphatic heterocycles. The zero-order valence-electron chi connectivity index (χ0n) is 22.7. The Bertz CT molecular complexity index is 1420. The van der Waals surface area contributed by atoms with Gasteiger partial charge in [-0.05, 0) is 62.4 Å². The average molecular weight is 578 g/mol. The number of carbonyl (C=O) groups is 2. The first kappa shape index (κ1) is 28.3. The van der Waals surface area contributed by atoms with Gasteiger partial charge in [-0.3, -0.25) is 14.5 Å². The topological polar surface area (TPSA) is 134 Å². The molecule has 11 nitrogen and oxygen atoms in total. The molecule has 2 aliphatic rings. The van der Waals surface area contributed by atoms with Crippen LogP contribution in [0.25, 0.3) is 11.4 Å². The predicted octanol–water partition coefficient (Wildman–Crippen LogP) is 3.31. The molecule has 0 bridgehead atoms. The van der Waals surface area contributed by atoms with E-state index in [9.17, 15) is 14.7 Å². The molecular weight excluding hydrogens is 546 g/mol. The molecular formula is C29H32ClN7O4. The second-order valence-corrected chi connectivity index (χ2v) is 10.7. The van der Waals surface area contributed by atoms with Gasteiger partial charge in [0.1, 0.15) is 5.75 Å². The maximum absolute atomic E-state index is 13.0. The van der Waals surface area contributed by atoms with Crippen molar-refractivity contribution in [1.82, 2.24) is 19.8 Å². The van der Waals surface area contributed by atoms with Gasteiger partial charge in [-0.1, -0.05) is 16.8 Å². The van der Waals surface area contributed by atoms with Gasteiger partial charge in [0.25, 0.3) is 0 Å². The highest BCUT2D eigenvalue weighted by molar-refractivity contribution is 6.32. The highest BCUT2D eigenvalue weighted by Gasteiger charge is 2.31. The fourth-order valence-corrected chi connectivity index (χ4v) is 5.25. The van der Waals surface area contributed by atoms with Crippen molar-refractivity contribution in [3.8, 4) is 17.1 Å². The van der Waals surface area contributed by atoms with E-state index in [4.69, 9.17) is 16.8 Å². The summed E-state index contributed by atoms with van der Waals surface area (Å²) in [5, 5.41) is 24.7. The molecule has 0 radical (unpaired) electrons. The van der Waals surface area contributed by atoms with E-state index in [-0.39, 0.29) is 28.5 Å². The minimum Gasteiger partial charge on any atom is -0.506 e. The Morgan fingerprint density at radius 3 is 2.41 bits per heavy atom. The molecule has 3 heterocycles. The lowest BCUT2D eigenvalue weighted by molar-refractivity contribution is -0.132. The van der Waals surface area contributed by atoms with Gasteiger partial charge in [0, 0.05) is 67.6 Å². The number of aromatic nitrogens is 2. The molecule has 2 amide bonds. The van der Waals surface area contributed by atoms with Crippen molar-refractivity contribution >= 4 is 40.5 Å². The number of halogens is 1. The molecule has 0 saturated carbocycles. The van der Waals surface area contributed by atoms with Crippen LogP contribution in [0.15, 0.2) is 60.0 Å². The Morgan fingerprint density at radius 1 is 1.05 bits per heavy atom. The quantitative estimate of drug-likeness (QED) is 0.168. The first-order chi connectivity index (χ1) is 19.8. The minimum atomic E-state index is -0.211. The summed E-state index contributed by atoms with van der Waals surface area (Å²) in [5.74, 6) is 0.308. The Kier molecular flexibility index (Phi) is 8.65. The molecule has 0 spiro atoms. The van der Waals surface area contributed by atoms with E-state index in [1.54, 1.807) is 25.4 Å². The molecule has 2 saturated heterocycles. The lowest BCUT2D eigenvalue weighted by atomic mass is 10.1. The van der Waals surface area contributed by atoms with Crippen LogP contribution in [0.3, 0.4) is 0 Å². The number of hydrogen-bond acceptors (Lipinski definition) is 9. The smallest absolute Gasteiger partial charge is 0.236 e. The normalized spacial score (nSPS) is 18.0. The van der Waals surface area contributed by atoms with Gasteiger partial charge in [-0.15, -0.1) is 0 Å². The molecule has 2 aromatic carbocycles. The molecule has 3 aromatic rings. The molecule has 3 N–H and O–H groups in total. The number of amides is 2. The van der Waals surface area contributed by atoms with Gasteiger partial charge in [0.2, 0.25) is 11.8 Å². The number of phenols is 1. The zero-order valence-corrected chi connectivity index (χ0v) is 23.5. The van der Waals surface area contributed by atoms with E-state index in [1.165, 1.54) is 12.1 Å². The third-order valence-electron chi connectivity index (χ3n) is 7.56. The molecule has 0 aliphatic carbocycles. The number of oxime groups is 1. The third-order valence-corrected chi connectivity index (χ3v) is 7.86. The summed E-state index contributed by atoms with van der Waals surface area (Å²) in [4.78, 5) is 40.6. The van der Waals surface area contributed by atoms with Gasteiger partial charge in [-0.2, -0.15) is 0 Å². The van der Waals surface area contributed by atoms with Crippen LogP contribution in [0, 0.1) is 5.92 Å². The number of anilines is 2. The fraction of sp³-hybridized carbons (Fsp3) is 0.345. The van der Waals surface area contributed by atoms with E-state index in [1.807, 2.05) is 34.1 Å². The molecule has 0 unspecified atom stereocenters. The number of phenolic OH excluding ortho intramolecular Hbond substituents is 1. The largest absolute Gasteiger partial charge is 0.506 e. The summed E-state index contributed by atoms with van der Waals surface area (Å²) in [7, 11) is 0. The van der Waals surface area contributed by atoms with Gasteiger partial charge >= 0.3 is 0 Å². The lowest BCUT2D eigenvalue weighted by Gasteiger charge is -2.36. The molecule has 5 rings (SSSR count). The number of likely N-dealkylation sites (tertiary alicyclic amines) is 1. The average Bonchev–Trinajstić information content (AvgIpc) is 3.47. The minimum absolute atomic E-state index is 0.0343. The summed E-state index contributed by atoms with van der Waals surface area (Å²) in [5.41, 5.74) is 3.61. The first-order valence-electron chi connectivity index (χ1n) is 13.5. The van der Waals surface area contributed by atoms with Crippen molar-refractivity contribution < 1.29 is 19.9 Å². The summed E-state index contributed by atoms with van der Waals surface area (Å²) in [6.45, 7) is 5.93. The van der Waals surface area contributed by atoms with Crippen LogP contribution in [0.1, 0.15) is 18.9 Å². The van der Waals surface area contributed by atoms with Crippen molar-refractivity contribution in [2.24, 2.45) is 11.1 Å². The zero-order chi connectivity index (χ0) is 28.9. The van der Waals surface area contributed by atoms with E-state index >= 15 is 0 Å². The van der Waals surface area contributed by atoms with Crippen molar-refractivity contribution in [2.45, 2.75) is 13.3 Å². The molecule has 2 fully saturated rings. The second kappa shape index (κ2) is 12.5. The highest BCUT2D eigenvalue weighted by atomic mass is 35.5. The first-order valence-corrected chi connectivity index (χ1v) is 13.8. The van der Waals surface area contributed by atoms with E-state index in [0.29, 0.717) is 61.9 Å². The van der Waals surface area contributed by atoms with Crippen molar-refractivity contribution in [3.05, 3.63) is 65.4 Å². The van der Waals surface area contributed by atoms with Crippen LogP contribution in [-0.2, 0) is 9.59 Å². The number of benzene rings is 2. The van der Waals surface area contributed by atoms with Crippen LogP contribution in [0.5, 0.6) is 5.75 Å². The monoisotopic (exact) mass is 577 g/mol. The number of nitrogens with one attached hydrogen (secondary N) is 1. The standard InChI is InChI=1S/C29H32ClN7O4/c1-19(34-41)22-15-31-28(32-16-22)20-2-5-24(6-3-20)36-10-12-37(13-11-36)27(39)18-35-9-8-21(17-35)29(40)33-23-4-7-26(38)25(30)14-23/h2-7,14-16,21,38,41H,8-13,17-18H2,1H3,(H,33,40)/b34-19+/t21-/m1/s1. The summed E-state index contributed by atoms with van der Waals surface area (Å²) >= 11 is 5.93. The van der Waals surface area contributed by atoms with Crippen LogP contribution < -0.4 is 10.2 Å². The number of carbonyl (C=O) groups excluding carboxylic acids is 2. The number of hydrogen-bond donors (Lipinski definition) is 3. The van der Waals surface area contributed by atoms with Gasteiger partial charge in [-0.25, -0.2) is 9.97 Å². The van der Waals surface area contributed by atoms with E-state index in [2.05, 4.69) is 25.3 Å². The summed E-state index contributed by atoms with van der Waals surface area (Å²) in [6, 6.07) is 12.6. The van der Waals surface area contributed by atoms with Gasteiger partial charge < -0.3 is 25.4 Å². The van der Waals surface area contributed by atoms with Crippen molar-refractivity contribution in [2.75, 3.05) is 56.0 Å². The molecule has 1 atom stereocenters. The molecule has 1 aromatic heterocycles. The maximum atomic E-state index is 13.0. The predicted molar refractivity (Wildman–Crippen MR) is 157 cm³/mol. The molecule has 12 heteroatoms. The van der Waals surface area contributed by atoms with Crippen molar-refractivity contribution in [1.29, 1.82) is 0 Å². The fourth-order valence-electron chi connectivity index (χ4n) is 5.07. The Labute approximate surface area is 243 Å². The Morgan fingerprint density at radius 2 is 1.76 bits per heavy atom.